The molecule has 0 aliphatic carbocycles. The normalized spacial score (nSPS) is 11.5. The van der Waals surface area contributed by atoms with Gasteiger partial charge in [0.2, 0.25) is 0 Å². The van der Waals surface area contributed by atoms with E-state index in [-0.39, 0.29) is 0 Å². The van der Waals surface area contributed by atoms with Crippen molar-refractivity contribution in [1.82, 2.24) is 0 Å². The minimum absolute atomic E-state index is 0.749. The molecule has 0 aliphatic rings. The number of aryl methyl sites for hydroxylation is 1. The number of nitrogens with zero attached hydrogens (tertiary/aromatic N) is 1. The van der Waals surface area contributed by atoms with Crippen LogP contribution in [0, 0.1) is 6.92 Å². The van der Waals surface area contributed by atoms with Gasteiger partial charge in [0, 0.05) is 15.8 Å². The Bertz CT molecular complexity index is 1570. The standard InChI is InChI=1S/C33H27NS/c1-22(2)25-17-19-27(20-18-25)32(33-23(3)30-15-8-9-16-31(30)35-33)34-24(4)28-13-10-14-29(21-28)26-11-6-5-7-12-26/h5-21H,1,4H2,2-3H3. The van der Waals surface area contributed by atoms with Crippen LogP contribution in [0.2, 0.25) is 0 Å². The lowest BCUT2D eigenvalue weighted by molar-refractivity contribution is 1.47. The maximum atomic E-state index is 5.16. The summed E-state index contributed by atoms with van der Waals surface area (Å²) >= 11 is 1.79. The van der Waals surface area contributed by atoms with E-state index in [0.29, 0.717) is 0 Å². The molecule has 0 N–H and O–H groups in total. The Kier molecular flexibility index (Phi) is 6.31. The number of thiophene rings is 1. The largest absolute Gasteiger partial charge is 0.247 e. The quantitative estimate of drug-likeness (QED) is 0.220. The molecule has 0 amide bonds. The van der Waals surface area contributed by atoms with Gasteiger partial charge in [-0.2, -0.15) is 0 Å². The third-order valence-corrected chi connectivity index (χ3v) is 7.54. The first-order valence-electron chi connectivity index (χ1n) is 11.7. The number of benzene rings is 4. The molecule has 0 aliphatic heterocycles. The Balaban J connectivity index is 1.62. The summed E-state index contributed by atoms with van der Waals surface area (Å²) in [6, 6.07) is 35.9. The Morgan fingerprint density at radius 1 is 0.686 bits per heavy atom. The van der Waals surface area contributed by atoms with Crippen LogP contribution in [0.3, 0.4) is 0 Å². The van der Waals surface area contributed by atoms with Crippen molar-refractivity contribution in [2.24, 2.45) is 4.99 Å². The number of allylic oxidation sites excluding steroid dienone is 1. The molecule has 5 rings (SSSR count). The number of fused-ring (bicyclic) bond motifs is 1. The van der Waals surface area contributed by atoms with Gasteiger partial charge in [-0.1, -0.05) is 110 Å². The second kappa shape index (κ2) is 9.69. The minimum atomic E-state index is 0.749. The van der Waals surface area contributed by atoms with Crippen LogP contribution < -0.4 is 0 Å². The third-order valence-electron chi connectivity index (χ3n) is 6.26. The monoisotopic (exact) mass is 469 g/mol. The summed E-state index contributed by atoms with van der Waals surface area (Å²) in [7, 11) is 0. The Morgan fingerprint density at radius 3 is 2.06 bits per heavy atom. The zero-order valence-corrected chi connectivity index (χ0v) is 20.9. The van der Waals surface area contributed by atoms with Crippen molar-refractivity contribution in [1.29, 1.82) is 0 Å². The summed E-state index contributed by atoms with van der Waals surface area (Å²) in [5.41, 5.74) is 9.56. The van der Waals surface area contributed by atoms with Crippen molar-refractivity contribution < 1.29 is 0 Å². The molecule has 0 bridgehead atoms. The van der Waals surface area contributed by atoms with Crippen molar-refractivity contribution in [3.8, 4) is 11.1 Å². The van der Waals surface area contributed by atoms with Crippen molar-refractivity contribution in [2.45, 2.75) is 13.8 Å². The number of hydrogen-bond donors (Lipinski definition) is 0. The van der Waals surface area contributed by atoms with E-state index in [9.17, 15) is 0 Å². The van der Waals surface area contributed by atoms with E-state index in [2.05, 4.69) is 117 Å². The highest BCUT2D eigenvalue weighted by molar-refractivity contribution is 7.21. The van der Waals surface area contributed by atoms with E-state index in [1.165, 1.54) is 26.1 Å². The SMILES string of the molecule is C=C(C)c1ccc(C(=NC(=C)c2cccc(-c3ccccc3)c2)c2sc3ccccc3c2C)cc1. The van der Waals surface area contributed by atoms with Crippen LogP contribution in [-0.2, 0) is 0 Å². The van der Waals surface area contributed by atoms with Crippen LogP contribution >= 0.6 is 11.3 Å². The van der Waals surface area contributed by atoms with E-state index in [4.69, 9.17) is 4.99 Å². The Hall–Kier alpha value is -4.01. The fourth-order valence-electron chi connectivity index (χ4n) is 4.27. The molecule has 5 aromatic rings. The molecule has 0 radical (unpaired) electrons. The summed E-state index contributed by atoms with van der Waals surface area (Å²) in [6.07, 6.45) is 0. The van der Waals surface area contributed by atoms with Crippen LogP contribution in [0.4, 0.5) is 0 Å². The van der Waals surface area contributed by atoms with Crippen molar-refractivity contribution >= 4 is 38.4 Å². The highest BCUT2D eigenvalue weighted by atomic mass is 32.1. The first kappa shape index (κ1) is 22.8. The molecule has 4 aromatic carbocycles. The van der Waals surface area contributed by atoms with Gasteiger partial charge in [0.05, 0.1) is 16.3 Å². The molecule has 0 spiro atoms. The lowest BCUT2D eigenvalue weighted by atomic mass is 10.00. The third kappa shape index (κ3) is 4.66. The Labute approximate surface area is 211 Å². The lowest BCUT2D eigenvalue weighted by Crippen LogP contribution is -2.04. The Morgan fingerprint density at radius 2 is 1.34 bits per heavy atom. The van der Waals surface area contributed by atoms with Crippen LogP contribution in [0.5, 0.6) is 0 Å². The summed E-state index contributed by atoms with van der Waals surface area (Å²) in [4.78, 5) is 6.34. The number of rotatable bonds is 6. The van der Waals surface area contributed by atoms with Gasteiger partial charge in [0.15, 0.2) is 0 Å². The zero-order valence-electron chi connectivity index (χ0n) is 20.1. The fraction of sp³-hybridized carbons (Fsp3) is 0.0606. The molecule has 0 fully saturated rings. The van der Waals surface area contributed by atoms with Crippen molar-refractivity contribution in [3.05, 3.63) is 143 Å². The molecule has 1 nitrogen and oxygen atoms in total. The molecule has 0 unspecified atom stereocenters. The van der Waals surface area contributed by atoms with E-state index in [1.54, 1.807) is 11.3 Å². The van der Waals surface area contributed by atoms with Gasteiger partial charge in [-0.25, -0.2) is 4.99 Å². The van der Waals surface area contributed by atoms with Gasteiger partial charge in [0.25, 0.3) is 0 Å². The average Bonchev–Trinajstić information content (AvgIpc) is 3.24. The van der Waals surface area contributed by atoms with E-state index >= 15 is 0 Å². The topological polar surface area (TPSA) is 12.4 Å². The van der Waals surface area contributed by atoms with Gasteiger partial charge < -0.3 is 0 Å². The first-order chi connectivity index (χ1) is 17.0. The van der Waals surface area contributed by atoms with E-state index < -0.39 is 0 Å². The highest BCUT2D eigenvalue weighted by Crippen LogP contribution is 2.34. The van der Waals surface area contributed by atoms with Gasteiger partial charge in [-0.05, 0) is 53.6 Å². The van der Waals surface area contributed by atoms with Crippen LogP contribution in [-0.4, -0.2) is 5.71 Å². The van der Waals surface area contributed by atoms with Gasteiger partial charge in [-0.15, -0.1) is 11.3 Å². The molecule has 170 valence electrons. The second-order valence-electron chi connectivity index (χ2n) is 8.76. The molecule has 1 heterocycles. The zero-order chi connectivity index (χ0) is 24.4. The van der Waals surface area contributed by atoms with Gasteiger partial charge in [-0.3, -0.25) is 0 Å². The molecule has 2 heteroatoms. The fourth-order valence-corrected chi connectivity index (χ4v) is 5.49. The lowest BCUT2D eigenvalue weighted by Gasteiger charge is -2.11. The van der Waals surface area contributed by atoms with Gasteiger partial charge in [0.1, 0.15) is 0 Å². The number of hydrogen-bond acceptors (Lipinski definition) is 2. The smallest absolute Gasteiger partial charge is 0.0884 e. The summed E-state index contributed by atoms with van der Waals surface area (Å²) in [5.74, 6) is 0. The molecule has 35 heavy (non-hydrogen) atoms. The van der Waals surface area contributed by atoms with E-state index in [0.717, 1.165) is 39.2 Å². The van der Waals surface area contributed by atoms with Crippen molar-refractivity contribution in [2.75, 3.05) is 0 Å². The maximum Gasteiger partial charge on any atom is 0.0884 e. The van der Waals surface area contributed by atoms with Crippen molar-refractivity contribution in [3.63, 3.8) is 0 Å². The summed E-state index contributed by atoms with van der Waals surface area (Å²) in [5, 5.41) is 1.27. The van der Waals surface area contributed by atoms with Crippen LogP contribution in [0.25, 0.3) is 32.5 Å². The minimum Gasteiger partial charge on any atom is -0.247 e. The predicted molar refractivity (Wildman–Crippen MR) is 154 cm³/mol. The summed E-state index contributed by atoms with van der Waals surface area (Å²) < 4.78 is 1.27. The molecular weight excluding hydrogens is 442 g/mol. The van der Waals surface area contributed by atoms with Crippen LogP contribution in [0.15, 0.2) is 121 Å². The average molecular weight is 470 g/mol. The molecule has 0 saturated heterocycles. The number of aliphatic imine (C=N–C) groups is 1. The highest BCUT2D eigenvalue weighted by Gasteiger charge is 2.17. The second-order valence-corrected chi connectivity index (χ2v) is 9.82. The molecule has 0 saturated carbocycles. The predicted octanol–water partition coefficient (Wildman–Crippen LogP) is 9.42. The van der Waals surface area contributed by atoms with E-state index in [1.807, 2.05) is 13.0 Å². The van der Waals surface area contributed by atoms with Crippen LogP contribution in [0.1, 0.15) is 34.1 Å². The molecule has 1 aromatic heterocycles. The first-order valence-corrected chi connectivity index (χ1v) is 12.5. The van der Waals surface area contributed by atoms with Gasteiger partial charge >= 0.3 is 0 Å². The molecular formula is C33H27NS. The summed E-state index contributed by atoms with van der Waals surface area (Å²) in [6.45, 7) is 12.7. The molecule has 0 atom stereocenters. The maximum absolute atomic E-state index is 5.16.